The van der Waals surface area contributed by atoms with Gasteiger partial charge in [0.1, 0.15) is 85.1 Å². The van der Waals surface area contributed by atoms with Gasteiger partial charge in [-0.3, -0.25) is 34.1 Å². The molecule has 2 aliphatic heterocycles. The van der Waals surface area contributed by atoms with E-state index in [1.165, 1.54) is 13.8 Å². The second-order valence-corrected chi connectivity index (χ2v) is 27.2. The summed E-state index contributed by atoms with van der Waals surface area (Å²) in [5.74, 6) is -4.63. The summed E-state index contributed by atoms with van der Waals surface area (Å²) in [6.45, 7) is 7.95. The van der Waals surface area contributed by atoms with E-state index in [0.717, 1.165) is 5.57 Å². The molecule has 3 saturated carbocycles. The van der Waals surface area contributed by atoms with Gasteiger partial charge in [0.05, 0.1) is 44.8 Å². The first kappa shape index (κ1) is 80.4. The number of aliphatic hydroxyl groups excluding tert-OH is 12. The third-order valence-electron chi connectivity index (χ3n) is 20.6. The zero-order valence-electron chi connectivity index (χ0n) is 55.5. The lowest BCUT2D eigenvalue weighted by Gasteiger charge is -2.62. The number of alkyl halides is 1. The van der Waals surface area contributed by atoms with Gasteiger partial charge in [-0.1, -0.05) is 25.5 Å². The van der Waals surface area contributed by atoms with Crippen molar-refractivity contribution in [1.29, 1.82) is 0 Å². The van der Waals surface area contributed by atoms with Gasteiger partial charge in [-0.05, 0) is 70.4 Å². The molecule has 0 bridgehead atoms. The number of esters is 2. The van der Waals surface area contributed by atoms with Gasteiger partial charge in [0.2, 0.25) is 12.6 Å². The first-order valence-corrected chi connectivity index (χ1v) is 32.9. The number of aliphatic imine (C=N–C) groups is 1. The standard InChI is InChI=1S/C62H106FN9O24/c1-36-26-40-39-7-6-37-27-38(8-9-59(37,4)61(39,63)43(80)28-60(40,5)62(36,90)44(81)31-75)67-13-12-66-14-19-70(17-10-64)22-23-71(18-11-65)24-25-72(20-15-68-55(88)91-34-57(2,32-76)53(86)95-51-47(84)45(82)49(93-51)41(78)29-73)21-16-69-56(89)92-35-58(3,33-77)54(87)96-52-48(85)46(83)50(94-52)42(79)30-74/h8-9,27,36,39-43,45-52,66,73-80,82-85,90H,6-7,10-26,28-35,64-65H2,1-5H3,(H,68,88)(H,69,89)/t36-,39+,40+,41-,42-,43+,45-,46-,47+,48+,49-,50-,51?,52?,57?,58?,59+,60+,61+,62+/m1/s1. The van der Waals surface area contributed by atoms with Crippen LogP contribution >= 0.6 is 0 Å². The number of ether oxygens (including phenoxy) is 6. The van der Waals surface area contributed by atoms with Crippen LogP contribution in [-0.2, 0) is 42.8 Å². The van der Waals surface area contributed by atoms with E-state index in [1.807, 2.05) is 11.0 Å². The van der Waals surface area contributed by atoms with Crippen LogP contribution in [0.5, 0.6) is 0 Å². The highest BCUT2D eigenvalue weighted by Crippen LogP contribution is 2.70. The molecular weight excluding hydrogens is 1270 g/mol. The molecule has 5 fully saturated rings. The van der Waals surface area contributed by atoms with Gasteiger partial charge in [0, 0.05) is 115 Å². The fraction of sp³-hybridized carbons (Fsp3) is 0.839. The Balaban J connectivity index is 1.00. The Bertz CT molecular complexity index is 2590. The average Bonchev–Trinajstić information content (AvgIpc) is 1.35. The van der Waals surface area contributed by atoms with Crippen molar-refractivity contribution in [3.63, 3.8) is 0 Å². The second-order valence-electron chi connectivity index (χ2n) is 27.2. The van der Waals surface area contributed by atoms with E-state index < -0.39 is 188 Å². The summed E-state index contributed by atoms with van der Waals surface area (Å²) in [5, 5.41) is 142. The number of Topliss-reactive ketones (excluding diaryl/α,β-unsaturated/α-hetero) is 1. The quantitative estimate of drug-likeness (QED) is 0.0155. The van der Waals surface area contributed by atoms with Crippen molar-refractivity contribution in [3.05, 3.63) is 23.8 Å². The number of rotatable bonds is 38. The number of amides is 2. The Morgan fingerprint density at radius 1 is 0.708 bits per heavy atom. The number of fused-ring (bicyclic) bond motifs is 5. The molecule has 2 amide bonds. The smallest absolute Gasteiger partial charge is 0.407 e. The number of carbonyl (C=O) groups excluding carboxylic acids is 5. The summed E-state index contributed by atoms with van der Waals surface area (Å²) in [5.41, 5.74) is 3.62. The van der Waals surface area contributed by atoms with E-state index in [-0.39, 0.29) is 38.5 Å². The van der Waals surface area contributed by atoms with Crippen LogP contribution in [0, 0.1) is 39.4 Å². The van der Waals surface area contributed by atoms with Gasteiger partial charge < -0.3 is 122 Å². The summed E-state index contributed by atoms with van der Waals surface area (Å²) in [6.07, 6.45) is -13.8. The number of carbonyl (C=O) groups is 5. The molecule has 4 aliphatic carbocycles. The first-order valence-electron chi connectivity index (χ1n) is 32.9. The fourth-order valence-electron chi connectivity index (χ4n) is 14.3. The molecule has 0 aromatic heterocycles. The van der Waals surface area contributed by atoms with Crippen LogP contribution in [0.25, 0.3) is 0 Å². The van der Waals surface area contributed by atoms with Crippen molar-refractivity contribution >= 4 is 35.6 Å². The topological polar surface area (TPSA) is 514 Å². The molecule has 96 heavy (non-hydrogen) atoms. The Kier molecular flexibility index (Phi) is 29.4. The van der Waals surface area contributed by atoms with Crippen LogP contribution in [-0.4, -0.2) is 346 Å². The monoisotopic (exact) mass is 1380 g/mol. The zero-order valence-corrected chi connectivity index (χ0v) is 55.5. The molecular formula is C62H106FN9O24. The van der Waals surface area contributed by atoms with Crippen molar-refractivity contribution in [2.45, 2.75) is 139 Å². The average molecular weight is 1380 g/mol. The molecule has 34 heteroatoms. The highest BCUT2D eigenvalue weighted by atomic mass is 19.1. The third kappa shape index (κ3) is 17.7. The number of aliphatic hydroxyl groups is 13. The van der Waals surface area contributed by atoms with Crippen molar-refractivity contribution in [2.24, 2.45) is 55.9 Å². The molecule has 2 saturated heterocycles. The number of nitrogens with two attached hydrogens (primary N) is 2. The number of allylic oxidation sites excluding steroid dienone is 4. The van der Waals surface area contributed by atoms with Gasteiger partial charge in [-0.2, -0.15) is 0 Å². The fourth-order valence-corrected chi connectivity index (χ4v) is 14.3. The SMILES string of the molecule is C[C@@H]1C[C@H]2[C@@H]3CCC4=CC(=NCCNCCN(CCN)CCN(CCN)CCN(CCNC(=O)OCC(C)(CO)C(=O)OC5O[C@H]([C@H](O)CO)[C@H](O)[C@@H]5O)CCNC(=O)OCC(C)(CO)C(=O)OC5O[C@H]([C@H](O)CO)[C@H](O)[C@@H]5O)C=C[C@]4(C)[C@@]3(F)[C@@H](O)C[C@]2(C)[C@@]1(O)C(=O)CO. The van der Waals surface area contributed by atoms with Gasteiger partial charge >= 0.3 is 24.1 Å². The molecule has 0 radical (unpaired) electrons. The maximum atomic E-state index is 17.9. The minimum atomic E-state index is -2.06. The van der Waals surface area contributed by atoms with Crippen molar-refractivity contribution in [1.82, 2.24) is 30.7 Å². The van der Waals surface area contributed by atoms with Crippen LogP contribution < -0.4 is 27.4 Å². The summed E-state index contributed by atoms with van der Waals surface area (Å²) < 4.78 is 49.3. The lowest BCUT2D eigenvalue weighted by atomic mass is 9.44. The van der Waals surface area contributed by atoms with Crippen LogP contribution in [0.15, 0.2) is 28.8 Å². The molecule has 0 aromatic carbocycles. The Morgan fingerprint density at radius 2 is 1.18 bits per heavy atom. The number of nitrogens with zero attached hydrogens (tertiary/aromatic N) is 4. The van der Waals surface area contributed by atoms with Crippen LogP contribution in [0.3, 0.4) is 0 Å². The maximum Gasteiger partial charge on any atom is 0.407 e. The van der Waals surface area contributed by atoms with E-state index >= 15 is 4.39 Å². The van der Waals surface area contributed by atoms with Gasteiger partial charge in [0.15, 0.2) is 11.5 Å². The molecule has 20 N–H and O–H groups in total. The highest BCUT2D eigenvalue weighted by Gasteiger charge is 2.75. The number of halogens is 1. The molecule has 0 aromatic rings. The molecule has 33 nitrogen and oxygen atoms in total. The molecule has 6 aliphatic rings. The Labute approximate surface area is 557 Å². The van der Waals surface area contributed by atoms with Crippen LogP contribution in [0.4, 0.5) is 14.0 Å². The molecule has 0 spiro atoms. The molecule has 550 valence electrons. The van der Waals surface area contributed by atoms with E-state index in [9.17, 15) is 90.4 Å². The highest BCUT2D eigenvalue weighted by molar-refractivity contribution is 6.06. The molecule has 2 heterocycles. The molecule has 20 atom stereocenters. The van der Waals surface area contributed by atoms with E-state index in [1.54, 1.807) is 32.9 Å². The van der Waals surface area contributed by atoms with E-state index in [4.69, 9.17) is 44.9 Å². The Hall–Kier alpha value is -4.61. The largest absolute Gasteiger partial charge is 0.448 e. The predicted molar refractivity (Wildman–Crippen MR) is 336 cm³/mol. The zero-order chi connectivity index (χ0) is 71.1. The maximum absolute atomic E-state index is 17.9. The van der Waals surface area contributed by atoms with E-state index in [0.29, 0.717) is 104 Å². The summed E-state index contributed by atoms with van der Waals surface area (Å²) >= 11 is 0. The normalized spacial score (nSPS) is 34.0. The first-order chi connectivity index (χ1) is 45.4. The minimum Gasteiger partial charge on any atom is -0.448 e. The number of nitrogens with one attached hydrogen (secondary N) is 3. The van der Waals surface area contributed by atoms with E-state index in [2.05, 4.69) is 25.8 Å². The lowest BCUT2D eigenvalue weighted by molar-refractivity contribution is -0.219. The van der Waals surface area contributed by atoms with Crippen molar-refractivity contribution in [2.75, 3.05) is 151 Å². The second kappa shape index (κ2) is 35.1. The summed E-state index contributed by atoms with van der Waals surface area (Å²) in [4.78, 5) is 76.5. The minimum absolute atomic E-state index is 0.0585. The van der Waals surface area contributed by atoms with Gasteiger partial charge in [-0.25, -0.2) is 14.0 Å². The third-order valence-corrected chi connectivity index (χ3v) is 20.6. The molecule has 4 unspecified atom stereocenters. The van der Waals surface area contributed by atoms with Gasteiger partial charge in [0.25, 0.3) is 0 Å². The number of ketones is 1. The summed E-state index contributed by atoms with van der Waals surface area (Å²) in [7, 11) is 0. The van der Waals surface area contributed by atoms with Gasteiger partial charge in [-0.15, -0.1) is 0 Å². The number of alkyl carbamates (subject to hydrolysis) is 2. The lowest BCUT2D eigenvalue weighted by Crippen LogP contribution is -2.69. The summed E-state index contributed by atoms with van der Waals surface area (Å²) in [6, 6.07) is 0. The van der Waals surface area contributed by atoms with Crippen LogP contribution in [0.2, 0.25) is 0 Å². The number of hydrogen-bond donors (Lipinski definition) is 18. The number of hydrogen-bond acceptors (Lipinski definition) is 31. The Morgan fingerprint density at radius 3 is 1.64 bits per heavy atom. The molecule has 6 rings (SSSR count). The van der Waals surface area contributed by atoms with Crippen molar-refractivity contribution < 1.29 is 123 Å². The van der Waals surface area contributed by atoms with Crippen LogP contribution in [0.1, 0.15) is 60.3 Å². The van der Waals surface area contributed by atoms with Crippen molar-refractivity contribution in [3.8, 4) is 0 Å². The predicted octanol–water partition coefficient (Wildman–Crippen LogP) is -6.68.